The zero-order valence-corrected chi connectivity index (χ0v) is 35.7. The first kappa shape index (κ1) is 84.0. The molecule has 0 bridgehead atoms. The van der Waals surface area contributed by atoms with Gasteiger partial charge in [-0.15, -0.1) is 0 Å². The summed E-state index contributed by atoms with van der Waals surface area (Å²) in [5, 5.41) is 0. The molecular formula is H2Ca7O21P4S. The normalized spacial score (nSPS) is 8.91. The molecule has 0 radical (unpaired) electrons. The van der Waals surface area contributed by atoms with Crippen LogP contribution in [-0.2, 0) is 28.7 Å². The monoisotopic (exact) mass is 774 g/mol. The Morgan fingerprint density at radius 2 is 0.364 bits per heavy atom. The molecule has 0 aliphatic rings. The molecule has 0 aromatic rings. The van der Waals surface area contributed by atoms with Gasteiger partial charge in [0, 0.05) is 10.4 Å². The second-order valence-electron chi connectivity index (χ2n) is 2.20. The molecule has 0 aromatic carbocycles. The van der Waals surface area contributed by atoms with Gasteiger partial charge < -0.3 is 91.6 Å². The Labute approximate surface area is 395 Å². The summed E-state index contributed by atoms with van der Waals surface area (Å²) in [6, 6.07) is 0. The van der Waals surface area contributed by atoms with Crippen LogP contribution in [0.15, 0.2) is 0 Å². The van der Waals surface area contributed by atoms with Crippen molar-refractivity contribution < 1.29 is 100.0 Å². The molecule has 0 aromatic heterocycles. The van der Waals surface area contributed by atoms with E-state index in [0.29, 0.717) is 0 Å². The molecular weight excluding hydrogens is 772 g/mol. The first-order valence-corrected chi connectivity index (χ1v) is 10.8. The summed E-state index contributed by atoms with van der Waals surface area (Å²) in [6.07, 6.45) is 0. The zero-order chi connectivity index (χ0) is 22.5. The van der Waals surface area contributed by atoms with Gasteiger partial charge in [0.25, 0.3) is 0 Å². The largest absolute Gasteiger partial charge is 2.00 e. The summed E-state index contributed by atoms with van der Waals surface area (Å²) < 4.78 is 68.3. The molecule has 33 heteroatoms. The minimum absolute atomic E-state index is 0. The third-order valence-electron chi connectivity index (χ3n) is 0. The van der Waals surface area contributed by atoms with Gasteiger partial charge in [-0.05, 0) is 0 Å². The van der Waals surface area contributed by atoms with E-state index in [0.717, 1.165) is 0 Å². The number of hydrogen-bond acceptors (Lipinski definition) is 20. The van der Waals surface area contributed by atoms with Gasteiger partial charge >= 0.3 is 264 Å². The van der Waals surface area contributed by atoms with Crippen LogP contribution in [0.25, 0.3) is 0 Å². The van der Waals surface area contributed by atoms with Crippen LogP contribution in [0.3, 0.4) is 0 Å². The third kappa shape index (κ3) is 760. The maximum atomic E-state index is 8.55. The summed E-state index contributed by atoms with van der Waals surface area (Å²) >= 11 is 0. The van der Waals surface area contributed by atoms with Crippen LogP contribution in [0, 0.1) is 0 Å². The molecule has 0 aliphatic heterocycles. The van der Waals surface area contributed by atoms with Crippen LogP contribution in [0.1, 0.15) is 0 Å². The summed E-state index contributed by atoms with van der Waals surface area (Å²) in [4.78, 5) is 103. The standard InChI is InChI=1S/7Ca.4H3O4P.H2O4S.H2O/c;;;;;;;5*1-5(2,3)4;/h;;;;;;;4*(H3,1,2,3,4);(H2,1,2,3,4);1H2/q7*+2;;;;;;/p-14. The molecule has 21 nitrogen and oxygen atoms in total. The summed E-state index contributed by atoms with van der Waals surface area (Å²) in [7, 11) is -26.7. The molecule has 0 amide bonds. The molecule has 0 heterocycles. The van der Waals surface area contributed by atoms with Gasteiger partial charge in [0.15, 0.2) is 0 Å². The fourth-order valence-electron chi connectivity index (χ4n) is 0. The molecule has 2 N–H and O–H groups in total. The van der Waals surface area contributed by atoms with Crippen molar-refractivity contribution in [2.45, 2.75) is 0 Å². The van der Waals surface area contributed by atoms with Crippen LogP contribution >= 0.6 is 31.3 Å². The summed E-state index contributed by atoms with van der Waals surface area (Å²) in [5.41, 5.74) is 0. The second kappa shape index (κ2) is 43.2. The Bertz CT molecular complexity index is 487. The van der Waals surface area contributed by atoms with Gasteiger partial charge in [-0.1, -0.05) is 0 Å². The van der Waals surface area contributed by atoms with Gasteiger partial charge in [-0.25, -0.2) is 0 Å². The van der Waals surface area contributed by atoms with E-state index in [1.165, 1.54) is 0 Å². The molecule has 0 rings (SSSR count). The summed E-state index contributed by atoms with van der Waals surface area (Å²) in [6.45, 7) is 0. The van der Waals surface area contributed by atoms with Crippen molar-refractivity contribution in [3.8, 4) is 0 Å². The Balaban J connectivity index is -0.0000000130. The fourth-order valence-corrected chi connectivity index (χ4v) is 0. The molecule has 168 valence electrons. The second-order valence-corrected chi connectivity index (χ2v) is 6.59. The number of rotatable bonds is 0. The van der Waals surface area contributed by atoms with Crippen LogP contribution in [0.2, 0.25) is 0 Å². The van der Waals surface area contributed by atoms with Crippen molar-refractivity contribution in [2.75, 3.05) is 0 Å². The number of hydrogen-bond donors (Lipinski definition) is 0. The predicted molar refractivity (Wildman–Crippen MR) is 84.8 cm³/mol. The van der Waals surface area contributed by atoms with E-state index in [-0.39, 0.29) is 270 Å². The molecule has 0 saturated heterocycles. The third-order valence-corrected chi connectivity index (χ3v) is 0. The zero-order valence-electron chi connectivity index (χ0n) is 15.8. The van der Waals surface area contributed by atoms with Crippen LogP contribution < -0.4 is 58.7 Å². The maximum Gasteiger partial charge on any atom is 2.00 e. The van der Waals surface area contributed by atoms with Crippen LogP contribution in [0.5, 0.6) is 0 Å². The molecule has 33 heavy (non-hydrogen) atoms. The average molecular weight is 775 g/mol. The minimum atomic E-state index is -5.39. The van der Waals surface area contributed by atoms with Crippen LogP contribution in [0.4, 0.5) is 0 Å². The SMILES string of the molecule is O.O=P([O-])([O-])[O-].O=P([O-])([O-])[O-].O=P([O-])([O-])[O-].O=P([O-])([O-])[O-].O=S(=O)([O-])[O-].[Ca+2].[Ca+2].[Ca+2].[Ca+2].[Ca+2].[Ca+2].[Ca+2]. The van der Waals surface area contributed by atoms with E-state index in [9.17, 15) is 0 Å². The minimum Gasteiger partial charge on any atom is -0.822 e. The first-order valence-electron chi connectivity index (χ1n) is 3.59. The molecule has 0 unspecified atom stereocenters. The van der Waals surface area contributed by atoms with E-state index in [2.05, 4.69) is 0 Å². The Hall–Kier alpha value is 9.09. The topological polar surface area (TPSA) is 457 Å². The maximum absolute atomic E-state index is 8.55. The molecule has 0 aliphatic carbocycles. The van der Waals surface area contributed by atoms with Crippen molar-refractivity contribution in [1.29, 1.82) is 0 Å². The number of phosphoric acid groups is 4. The van der Waals surface area contributed by atoms with Crippen molar-refractivity contribution in [3.63, 3.8) is 0 Å². The molecule has 0 spiro atoms. The Morgan fingerprint density at radius 1 is 0.364 bits per heavy atom. The Kier molecular flexibility index (Phi) is 110. The van der Waals surface area contributed by atoms with Gasteiger partial charge in [-0.2, -0.15) is 31.3 Å². The van der Waals surface area contributed by atoms with Crippen molar-refractivity contribution in [2.24, 2.45) is 0 Å². The predicted octanol–water partition coefficient (Wildman–Crippen LogP) is -16.1. The van der Waals surface area contributed by atoms with Gasteiger partial charge in [0.1, 0.15) is 0 Å². The van der Waals surface area contributed by atoms with Gasteiger partial charge in [-0.3, -0.25) is 8.42 Å². The van der Waals surface area contributed by atoms with Gasteiger partial charge in [0.2, 0.25) is 0 Å². The van der Waals surface area contributed by atoms with Gasteiger partial charge in [0.05, 0.1) is 0 Å². The van der Waals surface area contributed by atoms with E-state index < -0.39 is 41.7 Å². The molecule has 0 fully saturated rings. The van der Waals surface area contributed by atoms with E-state index in [4.69, 9.17) is 94.5 Å². The van der Waals surface area contributed by atoms with Crippen LogP contribution in [-0.4, -0.2) is 287 Å². The molecule has 0 saturated carbocycles. The first-order chi connectivity index (χ1) is 10.0. The van der Waals surface area contributed by atoms with E-state index >= 15 is 0 Å². The van der Waals surface area contributed by atoms with Crippen molar-refractivity contribution in [1.82, 2.24) is 0 Å². The van der Waals surface area contributed by atoms with Crippen molar-refractivity contribution in [3.05, 3.63) is 0 Å². The van der Waals surface area contributed by atoms with E-state index in [1.54, 1.807) is 0 Å². The fraction of sp³-hybridized carbons (Fsp3) is 0. The quantitative estimate of drug-likeness (QED) is 0.0954. The van der Waals surface area contributed by atoms with Crippen molar-refractivity contribution >= 4 is 306 Å². The smallest absolute Gasteiger partial charge is 0.822 e. The Morgan fingerprint density at radius 3 is 0.364 bits per heavy atom. The van der Waals surface area contributed by atoms with E-state index in [1.807, 2.05) is 0 Å². The molecule has 0 atom stereocenters. The average Bonchev–Trinajstić information content (AvgIpc) is 1.79. The summed E-state index contributed by atoms with van der Waals surface area (Å²) in [5.74, 6) is 0.